The molecule has 9 aliphatic rings. The summed E-state index contributed by atoms with van der Waals surface area (Å²) in [7, 11) is 5.29. The molecule has 0 aliphatic carbocycles. The van der Waals surface area contributed by atoms with E-state index in [9.17, 15) is 24.5 Å². The number of carbonyl (C=O) groups is 3. The van der Waals surface area contributed by atoms with Crippen LogP contribution in [-0.2, 0) is 19.1 Å². The molecule has 0 unspecified atom stereocenters. The molecule has 0 radical (unpaired) electrons. The third kappa shape index (κ3) is 41.2. The predicted molar refractivity (Wildman–Crippen MR) is 467 cm³/mol. The number of aromatic nitrogens is 4. The molecule has 0 spiro atoms. The van der Waals surface area contributed by atoms with Crippen molar-refractivity contribution in [3.05, 3.63) is 225 Å². The van der Waals surface area contributed by atoms with Crippen LogP contribution in [0.3, 0.4) is 0 Å². The van der Waals surface area contributed by atoms with Crippen LogP contribution in [0.2, 0.25) is 0 Å². The number of hydrogen-bond donors (Lipinski definition) is 5. The monoisotopic (exact) mass is 1590 g/mol. The number of carbonyl (C=O) groups excluding carboxylic acids is 3. The molecular formula is C85H124AlClLiN19O7. The molecule has 0 bridgehead atoms. The largest absolute Gasteiger partial charge is 1.00 e. The van der Waals surface area contributed by atoms with E-state index in [1.54, 1.807) is 61.6 Å². The molecule has 13 heterocycles. The van der Waals surface area contributed by atoms with E-state index in [2.05, 4.69) is 141 Å². The summed E-state index contributed by atoms with van der Waals surface area (Å²) in [4.78, 5) is 92.3. The van der Waals surface area contributed by atoms with Crippen LogP contribution in [0.25, 0.3) is 0 Å². The molecule has 26 nitrogen and oxygen atoms in total. The maximum atomic E-state index is 11.7. The van der Waals surface area contributed by atoms with Gasteiger partial charge >= 0.3 is 18.9 Å². The molecule has 1 saturated heterocycles. The smallest absolute Gasteiger partial charge is 1.00 e. The number of rotatable bonds is 22. The number of hydrogen-bond acceptors (Lipinski definition) is 23. The van der Waals surface area contributed by atoms with E-state index in [-0.39, 0.29) is 60.4 Å². The first-order valence-electron chi connectivity index (χ1n) is 38.8. The van der Waals surface area contributed by atoms with Gasteiger partial charge in [0.1, 0.15) is 5.71 Å². The minimum Gasteiger partial charge on any atom is -1.00 e. The number of amides is 2. The van der Waals surface area contributed by atoms with Crippen LogP contribution < -0.4 is 40.5 Å². The number of ether oxygens (including phenoxy) is 1. The van der Waals surface area contributed by atoms with Crippen molar-refractivity contribution < 1.29 is 49.4 Å². The van der Waals surface area contributed by atoms with E-state index >= 15 is 0 Å². The minimum atomic E-state index is -0.418. The van der Waals surface area contributed by atoms with Gasteiger partial charge < -0.3 is 47.7 Å². The van der Waals surface area contributed by atoms with Crippen LogP contribution in [0.4, 0.5) is 0 Å². The summed E-state index contributed by atoms with van der Waals surface area (Å²) in [6.45, 7) is 31.0. The Morgan fingerprint density at radius 3 is 1.38 bits per heavy atom. The summed E-state index contributed by atoms with van der Waals surface area (Å²) in [6.07, 6.45) is 43.4. The van der Waals surface area contributed by atoms with E-state index in [0.29, 0.717) is 56.7 Å². The second kappa shape index (κ2) is 64.2. The van der Waals surface area contributed by atoms with Gasteiger partial charge in [0.15, 0.2) is 17.4 Å². The Labute approximate surface area is 706 Å². The summed E-state index contributed by atoms with van der Waals surface area (Å²) >= 11 is 4.94. The second-order valence-corrected chi connectivity index (χ2v) is 26.0. The van der Waals surface area contributed by atoms with Gasteiger partial charge in [0.05, 0.1) is 102 Å². The zero-order valence-corrected chi connectivity index (χ0v) is 69.5. The van der Waals surface area contributed by atoms with E-state index in [1.807, 2.05) is 93.7 Å². The number of unbranched alkanes of at least 4 members (excludes halogenated alkanes) is 1. The Kier molecular flexibility index (Phi) is 57.9. The normalized spacial score (nSPS) is 15.6. The fraction of sp³-hybridized carbons (Fsp3) is 0.459. The van der Waals surface area contributed by atoms with Crippen molar-refractivity contribution in [1.82, 2.24) is 50.6 Å². The van der Waals surface area contributed by atoms with Crippen LogP contribution in [0.5, 0.6) is 0 Å². The van der Waals surface area contributed by atoms with Gasteiger partial charge in [-0.3, -0.25) is 74.4 Å². The summed E-state index contributed by atoms with van der Waals surface area (Å²) in [5.41, 5.74) is 21.2. The van der Waals surface area contributed by atoms with Crippen LogP contribution in [-0.4, -0.2) is 239 Å². The van der Waals surface area contributed by atoms with Crippen molar-refractivity contribution in [1.29, 1.82) is 5.26 Å². The maximum Gasteiger partial charge on any atom is 1.00 e. The molecule has 4 aromatic rings. The molecule has 2 amide bonds. The van der Waals surface area contributed by atoms with Gasteiger partial charge in [0.2, 0.25) is 17.1 Å². The third-order valence-corrected chi connectivity index (χ3v) is 17.1. The molecule has 9 aliphatic heterocycles. The Morgan fingerprint density at radius 1 is 0.596 bits per heavy atom. The van der Waals surface area contributed by atoms with Crippen molar-refractivity contribution in [2.75, 3.05) is 126 Å². The minimum absolute atomic E-state index is 0. The summed E-state index contributed by atoms with van der Waals surface area (Å²) in [5, 5.41) is 34.1. The van der Waals surface area contributed by atoms with Crippen LogP contribution >= 0.6 is 11.6 Å². The molecule has 612 valence electrons. The van der Waals surface area contributed by atoms with Gasteiger partial charge in [0.25, 0.3) is 5.70 Å². The quantitative estimate of drug-likeness (QED) is 0.0163. The Bertz CT molecular complexity index is 3980. The van der Waals surface area contributed by atoms with Crippen LogP contribution in [0.15, 0.2) is 222 Å². The standard InChI is InChI=1S/C14H21N3O.C14H23N3.C13H15N3O.C9H7N3O2.C9H9N3.C9H8N2.C6H15N.C4H7ClO.C4H8O.C2H3N.CH4O.Al.Li.4H/c1-3-5-13(18)16-12-7-8-15-14(12)11-6-4-9-17(2)10-11;1-3-4-8-15-13-7-9-16-14(13)12-6-5-10-17(2)11-12;1-2-4-12(17)16-11-6-8-15-13(11)10-5-3-7-14-9-10;13-12(14)8-3-5-11-9(8)7-2-1-4-10-6-7;10-8-3-5-12-9(8)7-2-1-4-11-6-7;1-3-8(7-10-5-1)9-4-2-6-11-9;1-4-7(5-2)6-3;1-2-3-4(5)6;1-2-4-5-3-1;1-2-3;1-2;;;;;;/h6-7H,3-5,8-10H2,1-2H3,(H,16,18);6-7,15H,3-5,8-11H2,1-2H3;3,5-7,9H,2,4,8H2,1H3,(H,16,17);1-4,6H,5H2;1-4,6H,5,10H2;1-5,7H,6H2;4-6H2,1-3H3;2-3H2,1H3;1-4H2;1H3;2H,1H3;;;;;;/q;;;;;;;;;;;;+1;;;;-1. The molecule has 0 aromatic carbocycles. The Hall–Kier alpha value is -9.14. The number of aliphatic hydroxyl groups is 1. The van der Waals surface area contributed by atoms with Gasteiger partial charge in [-0.15, -0.1) is 0 Å². The number of aliphatic imine (C=N–C) groups is 6. The zero-order valence-electron chi connectivity index (χ0n) is 69.8. The first-order chi connectivity index (χ1) is 54.5. The molecular weight excluding hydrogens is 1470 g/mol. The van der Waals surface area contributed by atoms with Crippen LogP contribution in [0, 0.1) is 21.4 Å². The molecule has 114 heavy (non-hydrogen) atoms. The molecule has 1 fully saturated rings. The zero-order chi connectivity index (χ0) is 81.9. The van der Waals surface area contributed by atoms with Crippen molar-refractivity contribution in [2.24, 2.45) is 35.7 Å². The molecule has 6 N–H and O–H groups in total. The molecule has 0 atom stereocenters. The topological polar surface area (TPSA) is 345 Å². The fourth-order valence-corrected chi connectivity index (χ4v) is 11.4. The van der Waals surface area contributed by atoms with Crippen molar-refractivity contribution in [3.8, 4) is 6.07 Å². The number of allylic oxidation sites excluding steroid dienone is 6. The number of halogens is 1. The van der Waals surface area contributed by atoms with E-state index in [1.165, 1.54) is 87.4 Å². The van der Waals surface area contributed by atoms with Gasteiger partial charge in [-0.2, -0.15) is 5.26 Å². The van der Waals surface area contributed by atoms with E-state index < -0.39 is 4.92 Å². The van der Waals surface area contributed by atoms with Crippen LogP contribution in [0.1, 0.15) is 156 Å². The SMILES string of the molecule is C1=CC(c2cccnc2)=NC1.C1CCOC1.CC#N.CCCC(=O)Cl.CCCC(=O)NC1=CCN=C1C1=CCCN(C)C1.CCCC(=O)NC1=CCN=C1c1cccnc1.CCCCNC1=CCN=C1C1=CCCN(C)C1.CCN(CC)CC.CO.NC1=CCN=C1c1cccnc1.O=[N+]([O-])C1=CCN=C1c1cccnc1.[AlH3].[H-].[Li+]. The average molecular weight is 1590 g/mol. The van der Waals surface area contributed by atoms with Gasteiger partial charge in [0, 0.05) is 157 Å². The van der Waals surface area contributed by atoms with Crippen molar-refractivity contribution in [3.63, 3.8) is 0 Å². The number of aliphatic hydroxyl groups excluding tert-OH is 1. The van der Waals surface area contributed by atoms with Crippen molar-refractivity contribution in [2.45, 2.75) is 132 Å². The number of nitrogens with two attached hydrogens (primary N) is 1. The van der Waals surface area contributed by atoms with Gasteiger partial charge in [-0.1, -0.05) is 73.1 Å². The average Bonchev–Trinajstić information content (AvgIpc) is 1.75. The first-order valence-corrected chi connectivity index (χ1v) is 39.2. The fourth-order valence-electron chi connectivity index (χ4n) is 11.3. The predicted octanol–water partition coefficient (Wildman–Crippen LogP) is 8.14. The maximum absolute atomic E-state index is 11.7. The molecule has 29 heteroatoms. The Morgan fingerprint density at radius 2 is 1.01 bits per heavy atom. The number of likely N-dealkylation sites (N-methyl/N-ethyl adjacent to an activating group) is 2. The summed E-state index contributed by atoms with van der Waals surface area (Å²) in [6, 6.07) is 16.8. The van der Waals surface area contributed by atoms with Crippen molar-refractivity contribution >= 4 is 80.3 Å². The summed E-state index contributed by atoms with van der Waals surface area (Å²) in [5.74, 6) is 0.125. The number of nitrogens with zero attached hydrogens (tertiary/aromatic N) is 15. The van der Waals surface area contributed by atoms with Gasteiger partial charge in [-0.25, -0.2) is 0 Å². The number of pyridine rings is 4. The number of nitriles is 1. The molecule has 13 rings (SSSR count). The van der Waals surface area contributed by atoms with E-state index in [0.717, 1.165) is 148 Å². The molecule has 0 saturated carbocycles. The Balaban J connectivity index is 0.00000128. The first kappa shape index (κ1) is 103. The number of nitrogens with one attached hydrogen (secondary N) is 3. The molecule has 4 aromatic heterocycles. The van der Waals surface area contributed by atoms with E-state index in [4.69, 9.17) is 32.4 Å². The number of nitro groups is 1. The summed E-state index contributed by atoms with van der Waals surface area (Å²) < 4.78 is 4.94. The second-order valence-electron chi connectivity index (χ2n) is 25.6. The third-order valence-electron chi connectivity index (χ3n) is 16.9. The van der Waals surface area contributed by atoms with Gasteiger partial charge in [-0.05, 0) is 187 Å².